The van der Waals surface area contributed by atoms with Gasteiger partial charge in [-0.25, -0.2) is 0 Å². The van der Waals surface area contributed by atoms with Crippen LogP contribution >= 0.6 is 0 Å². The maximum Gasteiger partial charge on any atom is -0.0412 e. The largest absolute Gasteiger partial charge is 0.0654 e. The maximum atomic E-state index is 2.56. The van der Waals surface area contributed by atoms with E-state index < -0.39 is 0 Å². The fourth-order valence-corrected chi connectivity index (χ4v) is 6.26. The summed E-state index contributed by atoms with van der Waals surface area (Å²) in [5.41, 5.74) is 0. The molecule has 0 aromatic heterocycles. The molecule has 0 N–H and O–H groups in total. The Labute approximate surface area is 238 Å². The van der Waals surface area contributed by atoms with Gasteiger partial charge in [0, 0.05) is 0 Å². The molecule has 0 aliphatic rings. The Morgan fingerprint density at radius 2 is 0.622 bits per heavy atom. The second-order valence-electron chi connectivity index (χ2n) is 14.0. The van der Waals surface area contributed by atoms with Crippen molar-refractivity contribution in [1.82, 2.24) is 0 Å². The van der Waals surface area contributed by atoms with E-state index in [0.717, 1.165) is 23.7 Å². The van der Waals surface area contributed by atoms with Gasteiger partial charge in [0.1, 0.15) is 0 Å². The Hall–Kier alpha value is 0. The molecule has 0 aromatic rings. The van der Waals surface area contributed by atoms with E-state index in [1.54, 1.807) is 0 Å². The standard InChI is InChI=1S/C37H76/c1-7-8-9-10-11-12-13-14-15-16-17-18-19-20-25-30-36(6)33-37(31-26-21-23-28-34(2)3)32-27-22-24-29-35(4)5/h34-37H,7-33H2,1-6H3. The number of unbranched alkanes of at least 4 members (excludes halogenated alkanes) is 18. The topological polar surface area (TPSA) is 0 Å². The fourth-order valence-electron chi connectivity index (χ4n) is 6.26. The van der Waals surface area contributed by atoms with Crippen molar-refractivity contribution in [2.45, 2.75) is 215 Å². The molecule has 1 unspecified atom stereocenters. The average Bonchev–Trinajstić information content (AvgIpc) is 2.85. The predicted molar refractivity (Wildman–Crippen MR) is 173 cm³/mol. The molecule has 0 radical (unpaired) electrons. The minimum Gasteiger partial charge on any atom is -0.0654 e. The summed E-state index contributed by atoms with van der Waals surface area (Å²) in [6, 6.07) is 0. The van der Waals surface area contributed by atoms with Crippen LogP contribution < -0.4 is 0 Å². The van der Waals surface area contributed by atoms with Gasteiger partial charge in [-0.3, -0.25) is 0 Å². The minimum atomic E-state index is 0.881. The summed E-state index contributed by atoms with van der Waals surface area (Å²) in [7, 11) is 0. The Morgan fingerprint density at radius 1 is 0.324 bits per heavy atom. The van der Waals surface area contributed by atoms with Crippen LogP contribution in [0.5, 0.6) is 0 Å². The molecule has 0 aromatic carbocycles. The molecule has 0 rings (SSSR count). The van der Waals surface area contributed by atoms with Crippen LogP contribution in [0.4, 0.5) is 0 Å². The van der Waals surface area contributed by atoms with Crippen molar-refractivity contribution in [2.24, 2.45) is 23.7 Å². The second-order valence-corrected chi connectivity index (χ2v) is 14.0. The van der Waals surface area contributed by atoms with Crippen LogP contribution in [0, 0.1) is 23.7 Å². The highest BCUT2D eigenvalue weighted by Crippen LogP contribution is 2.28. The van der Waals surface area contributed by atoms with Gasteiger partial charge in [0.2, 0.25) is 0 Å². The van der Waals surface area contributed by atoms with Crippen molar-refractivity contribution < 1.29 is 0 Å². The third kappa shape index (κ3) is 30.4. The molecule has 0 spiro atoms. The molecule has 0 saturated heterocycles. The normalized spacial score (nSPS) is 12.9. The van der Waals surface area contributed by atoms with Crippen LogP contribution in [0.3, 0.4) is 0 Å². The fraction of sp³-hybridized carbons (Fsp3) is 1.00. The maximum absolute atomic E-state index is 2.56. The predicted octanol–water partition coefficient (Wildman–Crippen LogP) is 14.1. The van der Waals surface area contributed by atoms with Crippen LogP contribution in [-0.2, 0) is 0 Å². The monoisotopic (exact) mass is 521 g/mol. The van der Waals surface area contributed by atoms with E-state index in [4.69, 9.17) is 0 Å². The van der Waals surface area contributed by atoms with Crippen molar-refractivity contribution in [1.29, 1.82) is 0 Å². The Kier molecular flexibility index (Phi) is 29.0. The molecule has 0 saturated carbocycles. The number of rotatable bonds is 30. The molecule has 0 aliphatic carbocycles. The quantitative estimate of drug-likeness (QED) is 0.0826. The van der Waals surface area contributed by atoms with Crippen molar-refractivity contribution in [3.8, 4) is 0 Å². The van der Waals surface area contributed by atoms with Crippen molar-refractivity contribution >= 4 is 0 Å². The number of hydrogen-bond donors (Lipinski definition) is 0. The average molecular weight is 521 g/mol. The Balaban J connectivity index is 3.80. The van der Waals surface area contributed by atoms with E-state index >= 15 is 0 Å². The summed E-state index contributed by atoms with van der Waals surface area (Å²) >= 11 is 0. The highest BCUT2D eigenvalue weighted by molar-refractivity contribution is 4.66. The van der Waals surface area contributed by atoms with Gasteiger partial charge < -0.3 is 0 Å². The van der Waals surface area contributed by atoms with Gasteiger partial charge in [0.25, 0.3) is 0 Å². The molecule has 0 fully saturated rings. The van der Waals surface area contributed by atoms with E-state index in [2.05, 4.69) is 41.5 Å². The smallest absolute Gasteiger partial charge is 0.0412 e. The van der Waals surface area contributed by atoms with Crippen LogP contribution in [0.1, 0.15) is 215 Å². The summed E-state index contributed by atoms with van der Waals surface area (Å²) in [6.45, 7) is 14.4. The summed E-state index contributed by atoms with van der Waals surface area (Å²) in [5, 5.41) is 0. The molecule has 0 heteroatoms. The zero-order chi connectivity index (χ0) is 27.4. The molecule has 37 heavy (non-hydrogen) atoms. The van der Waals surface area contributed by atoms with Crippen LogP contribution in [0.15, 0.2) is 0 Å². The van der Waals surface area contributed by atoms with Crippen molar-refractivity contribution in [3.05, 3.63) is 0 Å². The van der Waals surface area contributed by atoms with Crippen molar-refractivity contribution in [2.75, 3.05) is 0 Å². The lowest BCUT2D eigenvalue weighted by Crippen LogP contribution is -2.08. The van der Waals surface area contributed by atoms with Crippen LogP contribution in [0.2, 0.25) is 0 Å². The first kappa shape index (κ1) is 37.0. The summed E-state index contributed by atoms with van der Waals surface area (Å²) < 4.78 is 0. The van der Waals surface area contributed by atoms with Gasteiger partial charge >= 0.3 is 0 Å². The molecule has 1 atom stereocenters. The lowest BCUT2D eigenvalue weighted by molar-refractivity contribution is 0.311. The third-order valence-corrected chi connectivity index (χ3v) is 8.82. The first-order valence-corrected chi connectivity index (χ1v) is 18.0. The van der Waals surface area contributed by atoms with Crippen LogP contribution in [-0.4, -0.2) is 0 Å². The van der Waals surface area contributed by atoms with E-state index in [0.29, 0.717) is 0 Å². The van der Waals surface area contributed by atoms with Gasteiger partial charge in [0.15, 0.2) is 0 Å². The third-order valence-electron chi connectivity index (χ3n) is 8.82. The molecule has 0 bridgehead atoms. The zero-order valence-electron chi connectivity index (χ0n) is 27.4. The highest BCUT2D eigenvalue weighted by atomic mass is 14.2. The zero-order valence-corrected chi connectivity index (χ0v) is 27.4. The van der Waals surface area contributed by atoms with E-state index in [1.165, 1.54) is 173 Å². The van der Waals surface area contributed by atoms with Crippen molar-refractivity contribution in [3.63, 3.8) is 0 Å². The van der Waals surface area contributed by atoms with Crippen LogP contribution in [0.25, 0.3) is 0 Å². The second kappa shape index (κ2) is 29.0. The first-order chi connectivity index (χ1) is 18.0. The summed E-state index contributed by atoms with van der Waals surface area (Å²) in [4.78, 5) is 0. The van der Waals surface area contributed by atoms with E-state index in [-0.39, 0.29) is 0 Å². The molecule has 224 valence electrons. The molecule has 0 amide bonds. The van der Waals surface area contributed by atoms with Gasteiger partial charge in [-0.1, -0.05) is 208 Å². The van der Waals surface area contributed by atoms with Gasteiger partial charge in [-0.2, -0.15) is 0 Å². The molecular weight excluding hydrogens is 444 g/mol. The molecule has 0 aliphatic heterocycles. The molecule has 0 heterocycles. The minimum absolute atomic E-state index is 0.881. The SMILES string of the molecule is CCCCCCCCCCCCCCCCCC(C)CC(CCCCCC(C)C)CCCCCC(C)C. The number of hydrogen-bond acceptors (Lipinski definition) is 0. The Morgan fingerprint density at radius 3 is 1.00 bits per heavy atom. The van der Waals surface area contributed by atoms with E-state index in [9.17, 15) is 0 Å². The Bertz CT molecular complexity index is 390. The summed E-state index contributed by atoms with van der Waals surface area (Å²) in [6.07, 6.45) is 39.8. The summed E-state index contributed by atoms with van der Waals surface area (Å²) in [5.74, 6) is 3.71. The molecular formula is C37H76. The molecule has 0 nitrogen and oxygen atoms in total. The highest BCUT2D eigenvalue weighted by Gasteiger charge is 2.13. The van der Waals surface area contributed by atoms with Gasteiger partial charge in [-0.15, -0.1) is 0 Å². The van der Waals surface area contributed by atoms with Gasteiger partial charge in [-0.05, 0) is 30.1 Å². The lowest BCUT2D eigenvalue weighted by atomic mass is 9.84. The lowest BCUT2D eigenvalue weighted by Gasteiger charge is -2.21. The van der Waals surface area contributed by atoms with Gasteiger partial charge in [0.05, 0.1) is 0 Å². The first-order valence-electron chi connectivity index (χ1n) is 18.0. The van der Waals surface area contributed by atoms with E-state index in [1.807, 2.05) is 0 Å².